The lowest BCUT2D eigenvalue weighted by Crippen LogP contribution is -2.34. The second-order valence-electron chi connectivity index (χ2n) is 6.70. The normalized spacial score (nSPS) is 15.4. The van der Waals surface area contributed by atoms with Crippen molar-refractivity contribution in [3.63, 3.8) is 0 Å². The number of likely N-dealkylation sites (N-methyl/N-ethyl adjacent to an activating group) is 1. The third kappa shape index (κ3) is 5.59. The van der Waals surface area contributed by atoms with E-state index < -0.39 is 0 Å². The van der Waals surface area contributed by atoms with Crippen LogP contribution in [0.5, 0.6) is 11.5 Å². The van der Waals surface area contributed by atoms with Crippen LogP contribution in [-0.4, -0.2) is 62.2 Å². The van der Waals surface area contributed by atoms with Crippen LogP contribution in [0.4, 0.5) is 5.82 Å². The molecule has 3 rings (SSSR count). The maximum absolute atomic E-state index is 12.2. The standard InChI is InChI=1S/C20H26N4O3/c1-24(2)12-11-21-19-8-7-15(13-23-19)20(25)22-10-9-16-14-26-17-5-3-4-6-18(17)27-16/h3-8,13,16H,9-12,14H2,1-2H3,(H,21,23)(H,22,25)/t16-/m0/s1. The van der Waals surface area contributed by atoms with Gasteiger partial charge >= 0.3 is 0 Å². The van der Waals surface area contributed by atoms with E-state index in [4.69, 9.17) is 9.47 Å². The summed E-state index contributed by atoms with van der Waals surface area (Å²) in [7, 11) is 4.04. The molecule has 2 heterocycles. The van der Waals surface area contributed by atoms with Gasteiger partial charge in [-0.2, -0.15) is 0 Å². The molecule has 1 aliphatic heterocycles. The number of hydrogen-bond donors (Lipinski definition) is 2. The molecule has 0 bridgehead atoms. The van der Waals surface area contributed by atoms with Gasteiger partial charge in [0.25, 0.3) is 5.91 Å². The van der Waals surface area contributed by atoms with E-state index in [0.717, 1.165) is 30.4 Å². The third-order valence-electron chi connectivity index (χ3n) is 4.21. The number of para-hydroxylation sites is 2. The topological polar surface area (TPSA) is 75.7 Å². The maximum atomic E-state index is 12.2. The summed E-state index contributed by atoms with van der Waals surface area (Å²) in [6.45, 7) is 2.72. The van der Waals surface area contributed by atoms with Crippen LogP contribution in [0, 0.1) is 0 Å². The number of ether oxygens (including phenoxy) is 2. The molecule has 0 aliphatic carbocycles. The van der Waals surface area contributed by atoms with E-state index in [1.54, 1.807) is 12.3 Å². The number of fused-ring (bicyclic) bond motifs is 1. The summed E-state index contributed by atoms with van der Waals surface area (Å²) in [5.41, 5.74) is 0.541. The van der Waals surface area contributed by atoms with Crippen molar-refractivity contribution in [3.8, 4) is 11.5 Å². The lowest BCUT2D eigenvalue weighted by atomic mass is 10.2. The zero-order chi connectivity index (χ0) is 19.1. The summed E-state index contributed by atoms with van der Waals surface area (Å²) < 4.78 is 11.6. The number of carbonyl (C=O) groups excluding carboxylic acids is 1. The Kier molecular flexibility index (Phi) is 6.49. The summed E-state index contributed by atoms with van der Waals surface area (Å²) in [5.74, 6) is 2.14. The Morgan fingerprint density at radius 2 is 2.00 bits per heavy atom. The first-order chi connectivity index (χ1) is 13.1. The number of amides is 1. The van der Waals surface area contributed by atoms with Crippen LogP contribution in [-0.2, 0) is 0 Å². The largest absolute Gasteiger partial charge is 0.486 e. The zero-order valence-electron chi connectivity index (χ0n) is 15.8. The predicted molar refractivity (Wildman–Crippen MR) is 105 cm³/mol. The number of aromatic nitrogens is 1. The molecule has 7 nitrogen and oxygen atoms in total. The first-order valence-electron chi connectivity index (χ1n) is 9.13. The first-order valence-corrected chi connectivity index (χ1v) is 9.13. The molecule has 1 aromatic heterocycles. The molecular formula is C20H26N4O3. The molecule has 1 aliphatic rings. The van der Waals surface area contributed by atoms with Gasteiger partial charge in [0.05, 0.1) is 5.56 Å². The zero-order valence-corrected chi connectivity index (χ0v) is 15.8. The minimum atomic E-state index is -0.139. The highest BCUT2D eigenvalue weighted by molar-refractivity contribution is 5.94. The van der Waals surface area contributed by atoms with Crippen molar-refractivity contribution in [3.05, 3.63) is 48.2 Å². The van der Waals surface area contributed by atoms with Crippen molar-refractivity contribution >= 4 is 11.7 Å². The quantitative estimate of drug-likeness (QED) is 0.740. The number of benzene rings is 1. The Morgan fingerprint density at radius 3 is 2.74 bits per heavy atom. The molecule has 0 spiro atoms. The Hall–Kier alpha value is -2.80. The summed E-state index contributed by atoms with van der Waals surface area (Å²) in [5, 5.41) is 6.13. The monoisotopic (exact) mass is 370 g/mol. The van der Waals surface area contributed by atoms with E-state index in [9.17, 15) is 4.79 Å². The number of anilines is 1. The average molecular weight is 370 g/mol. The van der Waals surface area contributed by atoms with Crippen molar-refractivity contribution in [2.45, 2.75) is 12.5 Å². The lowest BCUT2D eigenvalue weighted by molar-refractivity contribution is 0.0812. The third-order valence-corrected chi connectivity index (χ3v) is 4.21. The molecule has 0 radical (unpaired) electrons. The minimum absolute atomic E-state index is 0.0680. The second kappa shape index (κ2) is 9.23. The fraction of sp³-hybridized carbons (Fsp3) is 0.400. The molecule has 1 aromatic carbocycles. The van der Waals surface area contributed by atoms with Crippen LogP contribution in [0.2, 0.25) is 0 Å². The number of nitrogens with one attached hydrogen (secondary N) is 2. The smallest absolute Gasteiger partial charge is 0.252 e. The molecule has 0 saturated carbocycles. The molecule has 0 saturated heterocycles. The van der Waals surface area contributed by atoms with Gasteiger partial charge in [-0.15, -0.1) is 0 Å². The summed E-state index contributed by atoms with van der Waals surface area (Å²) in [6.07, 6.45) is 2.20. The van der Waals surface area contributed by atoms with E-state index >= 15 is 0 Å². The van der Waals surface area contributed by atoms with Crippen molar-refractivity contribution < 1.29 is 14.3 Å². The van der Waals surface area contributed by atoms with E-state index in [1.165, 1.54) is 0 Å². The fourth-order valence-electron chi connectivity index (χ4n) is 2.69. The van der Waals surface area contributed by atoms with Gasteiger partial charge < -0.3 is 25.0 Å². The molecule has 0 fully saturated rings. The van der Waals surface area contributed by atoms with E-state index in [2.05, 4.69) is 20.5 Å². The van der Waals surface area contributed by atoms with Gasteiger partial charge in [-0.1, -0.05) is 12.1 Å². The van der Waals surface area contributed by atoms with Gasteiger partial charge in [0, 0.05) is 32.3 Å². The molecule has 2 aromatic rings. The van der Waals surface area contributed by atoms with Crippen molar-refractivity contribution in [1.82, 2.24) is 15.2 Å². The van der Waals surface area contributed by atoms with Gasteiger partial charge in [-0.3, -0.25) is 4.79 Å². The number of hydrogen-bond acceptors (Lipinski definition) is 6. The van der Waals surface area contributed by atoms with Crippen LogP contribution >= 0.6 is 0 Å². The van der Waals surface area contributed by atoms with Crippen LogP contribution in [0.1, 0.15) is 16.8 Å². The average Bonchev–Trinajstić information content (AvgIpc) is 2.68. The van der Waals surface area contributed by atoms with Gasteiger partial charge in [0.2, 0.25) is 0 Å². The van der Waals surface area contributed by atoms with Crippen molar-refractivity contribution in [1.29, 1.82) is 0 Å². The second-order valence-corrected chi connectivity index (χ2v) is 6.70. The molecule has 1 atom stereocenters. The van der Waals surface area contributed by atoms with Crippen LogP contribution in [0.15, 0.2) is 42.6 Å². The Labute approximate surface area is 159 Å². The maximum Gasteiger partial charge on any atom is 0.252 e. The van der Waals surface area contributed by atoms with Crippen molar-refractivity contribution in [2.75, 3.05) is 45.7 Å². The highest BCUT2D eigenvalue weighted by Crippen LogP contribution is 2.31. The molecular weight excluding hydrogens is 344 g/mol. The van der Waals surface area contributed by atoms with Crippen molar-refractivity contribution in [2.24, 2.45) is 0 Å². The van der Waals surface area contributed by atoms with Crippen LogP contribution < -0.4 is 20.1 Å². The summed E-state index contributed by atoms with van der Waals surface area (Å²) in [4.78, 5) is 18.6. The molecule has 27 heavy (non-hydrogen) atoms. The number of rotatable bonds is 8. The van der Waals surface area contributed by atoms with Crippen LogP contribution in [0.25, 0.3) is 0 Å². The number of carbonyl (C=O) groups is 1. The SMILES string of the molecule is CN(C)CCNc1ccc(C(=O)NCC[C@H]2COc3ccccc3O2)cn1. The van der Waals surface area contributed by atoms with Crippen LogP contribution in [0.3, 0.4) is 0 Å². The summed E-state index contributed by atoms with van der Waals surface area (Å²) >= 11 is 0. The number of pyridine rings is 1. The first kappa shape index (κ1) is 19.0. The Morgan fingerprint density at radius 1 is 1.19 bits per heavy atom. The molecule has 144 valence electrons. The highest BCUT2D eigenvalue weighted by Gasteiger charge is 2.20. The lowest BCUT2D eigenvalue weighted by Gasteiger charge is -2.26. The highest BCUT2D eigenvalue weighted by atomic mass is 16.6. The van der Waals surface area contributed by atoms with Gasteiger partial charge in [0.1, 0.15) is 18.5 Å². The molecule has 1 amide bonds. The van der Waals surface area contributed by atoms with Gasteiger partial charge in [-0.25, -0.2) is 4.98 Å². The minimum Gasteiger partial charge on any atom is -0.486 e. The van der Waals surface area contributed by atoms with E-state index in [1.807, 2.05) is 44.4 Å². The van der Waals surface area contributed by atoms with E-state index in [0.29, 0.717) is 25.1 Å². The Bertz CT molecular complexity index is 749. The fourth-order valence-corrected chi connectivity index (χ4v) is 2.69. The van der Waals surface area contributed by atoms with Gasteiger partial charge in [-0.05, 0) is 38.4 Å². The Balaban J connectivity index is 1.40. The molecule has 2 N–H and O–H groups in total. The van der Waals surface area contributed by atoms with E-state index in [-0.39, 0.29) is 12.0 Å². The molecule has 0 unspecified atom stereocenters. The predicted octanol–water partition coefficient (Wildman–Crippen LogP) is 2.01. The molecule has 7 heteroatoms. The number of nitrogens with zero attached hydrogens (tertiary/aromatic N) is 2. The summed E-state index contributed by atoms with van der Waals surface area (Å²) in [6, 6.07) is 11.2. The van der Waals surface area contributed by atoms with Gasteiger partial charge in [0.15, 0.2) is 11.5 Å².